The van der Waals surface area contributed by atoms with Crippen molar-refractivity contribution in [1.29, 1.82) is 0 Å². The Labute approximate surface area is 83.9 Å². The van der Waals surface area contributed by atoms with Crippen molar-refractivity contribution in [3.8, 4) is 12.3 Å². The highest BCUT2D eigenvalue weighted by molar-refractivity contribution is 5.75. The molecule has 2 atom stereocenters. The van der Waals surface area contributed by atoms with Crippen molar-refractivity contribution < 1.29 is 9.90 Å². The Kier molecular flexibility index (Phi) is 3.50. The van der Waals surface area contributed by atoms with Gasteiger partial charge < -0.3 is 16.2 Å². The van der Waals surface area contributed by atoms with Gasteiger partial charge in [0.25, 0.3) is 0 Å². The maximum atomic E-state index is 10.6. The van der Waals surface area contributed by atoms with Crippen LogP contribution in [0.3, 0.4) is 0 Å². The second kappa shape index (κ2) is 4.45. The lowest BCUT2D eigenvalue weighted by atomic mass is 9.81. The molecule has 1 fully saturated rings. The third kappa shape index (κ3) is 2.47. The predicted molar refractivity (Wildman–Crippen MR) is 53.2 cm³/mol. The topological polar surface area (TPSA) is 75.3 Å². The Bertz CT molecular complexity index is 259. The molecule has 0 unspecified atom stereocenters. The number of carbonyl (C=O) groups excluding carboxylic acids is 1. The second-order valence-electron chi connectivity index (χ2n) is 3.71. The van der Waals surface area contributed by atoms with Gasteiger partial charge in [0.1, 0.15) is 5.60 Å². The van der Waals surface area contributed by atoms with Crippen molar-refractivity contribution in [2.45, 2.75) is 37.3 Å². The summed E-state index contributed by atoms with van der Waals surface area (Å²) in [6.07, 6.45) is 8.59. The molecule has 0 radical (unpaired) electrons. The van der Waals surface area contributed by atoms with Crippen molar-refractivity contribution in [1.82, 2.24) is 5.32 Å². The molecule has 4 nitrogen and oxygen atoms in total. The molecule has 0 aromatic heterocycles. The number of carbonyl (C=O) groups is 1. The molecule has 0 heterocycles. The normalized spacial score (nSPS) is 32.1. The molecule has 0 spiro atoms. The van der Waals surface area contributed by atoms with Gasteiger partial charge in [-0.2, -0.15) is 0 Å². The number of hydrogen-bond acceptors (Lipinski definition) is 3. The lowest BCUT2D eigenvalue weighted by Crippen LogP contribution is -2.53. The molecule has 0 aromatic carbocycles. The molecule has 0 aromatic rings. The van der Waals surface area contributed by atoms with Gasteiger partial charge in [0.15, 0.2) is 0 Å². The first-order valence-electron chi connectivity index (χ1n) is 4.80. The van der Waals surface area contributed by atoms with Crippen molar-refractivity contribution in [2.75, 3.05) is 6.54 Å². The fourth-order valence-corrected chi connectivity index (χ4v) is 1.82. The fraction of sp³-hybridized carbons (Fsp3) is 0.700. The number of nitrogens with two attached hydrogens (primary N) is 1. The average Bonchev–Trinajstić information content (AvgIpc) is 2.16. The zero-order chi connectivity index (χ0) is 10.6. The van der Waals surface area contributed by atoms with Gasteiger partial charge in [-0.25, -0.2) is 0 Å². The van der Waals surface area contributed by atoms with E-state index in [2.05, 4.69) is 11.2 Å². The van der Waals surface area contributed by atoms with E-state index in [0.29, 0.717) is 6.42 Å². The van der Waals surface area contributed by atoms with Crippen LogP contribution in [0.4, 0.5) is 0 Å². The molecule has 0 bridgehead atoms. The van der Waals surface area contributed by atoms with Crippen LogP contribution < -0.4 is 11.1 Å². The minimum absolute atomic E-state index is 0.0641. The van der Waals surface area contributed by atoms with E-state index in [-0.39, 0.29) is 12.6 Å². The SMILES string of the molecule is C#C[C@@]1(O)CCCC[C@H]1NCC(N)=O. The minimum Gasteiger partial charge on any atom is -0.376 e. The highest BCUT2D eigenvalue weighted by atomic mass is 16.3. The summed E-state index contributed by atoms with van der Waals surface area (Å²) in [7, 11) is 0. The quantitative estimate of drug-likeness (QED) is 0.526. The lowest BCUT2D eigenvalue weighted by molar-refractivity contribution is -0.117. The van der Waals surface area contributed by atoms with Gasteiger partial charge in [-0.15, -0.1) is 6.42 Å². The minimum atomic E-state index is -1.12. The summed E-state index contributed by atoms with van der Waals surface area (Å²) in [5.41, 5.74) is 3.89. The van der Waals surface area contributed by atoms with Crippen LogP contribution in [0.2, 0.25) is 0 Å². The van der Waals surface area contributed by atoms with E-state index >= 15 is 0 Å². The molecule has 0 aliphatic heterocycles. The zero-order valence-electron chi connectivity index (χ0n) is 8.12. The molecule has 1 rings (SSSR count). The summed E-state index contributed by atoms with van der Waals surface area (Å²) in [6, 6.07) is -0.214. The maximum Gasteiger partial charge on any atom is 0.231 e. The molecule has 1 saturated carbocycles. The standard InChI is InChI=1S/C10H16N2O2/c1-2-10(14)6-4-3-5-8(10)12-7-9(11)13/h1,8,12,14H,3-7H2,(H2,11,13)/t8-,10-/m1/s1. The first-order valence-corrected chi connectivity index (χ1v) is 4.80. The van der Waals surface area contributed by atoms with Crippen molar-refractivity contribution in [2.24, 2.45) is 5.73 Å². The summed E-state index contributed by atoms with van der Waals surface area (Å²) in [5.74, 6) is 1.96. The van der Waals surface area contributed by atoms with Crippen LogP contribution in [0.5, 0.6) is 0 Å². The monoisotopic (exact) mass is 196 g/mol. The van der Waals surface area contributed by atoms with Crippen LogP contribution in [0.1, 0.15) is 25.7 Å². The third-order valence-electron chi connectivity index (χ3n) is 2.65. The Hall–Kier alpha value is -1.05. The summed E-state index contributed by atoms with van der Waals surface area (Å²) >= 11 is 0. The first kappa shape index (κ1) is 11.0. The summed E-state index contributed by atoms with van der Waals surface area (Å²) in [6.45, 7) is 0.0641. The number of aliphatic hydroxyl groups is 1. The second-order valence-corrected chi connectivity index (χ2v) is 3.71. The Balaban J connectivity index is 2.56. The van der Waals surface area contributed by atoms with Crippen LogP contribution in [0.15, 0.2) is 0 Å². The third-order valence-corrected chi connectivity index (χ3v) is 2.65. The zero-order valence-corrected chi connectivity index (χ0v) is 8.12. The number of amides is 1. The first-order chi connectivity index (χ1) is 6.58. The number of terminal acetylenes is 1. The molecule has 0 saturated heterocycles. The number of primary amides is 1. The Morgan fingerprint density at radius 1 is 1.71 bits per heavy atom. The smallest absolute Gasteiger partial charge is 0.231 e. The van der Waals surface area contributed by atoms with Gasteiger partial charge in [-0.1, -0.05) is 12.3 Å². The molecule has 1 aliphatic carbocycles. The van der Waals surface area contributed by atoms with Gasteiger partial charge >= 0.3 is 0 Å². The molecule has 78 valence electrons. The molecule has 14 heavy (non-hydrogen) atoms. The van der Waals surface area contributed by atoms with E-state index in [1.165, 1.54) is 0 Å². The van der Waals surface area contributed by atoms with Gasteiger partial charge in [0.05, 0.1) is 6.54 Å². The van der Waals surface area contributed by atoms with Crippen LogP contribution in [-0.4, -0.2) is 29.2 Å². The van der Waals surface area contributed by atoms with E-state index in [1.807, 2.05) is 0 Å². The number of nitrogens with one attached hydrogen (secondary N) is 1. The van der Waals surface area contributed by atoms with E-state index in [0.717, 1.165) is 19.3 Å². The number of hydrogen-bond donors (Lipinski definition) is 3. The fourth-order valence-electron chi connectivity index (χ4n) is 1.82. The van der Waals surface area contributed by atoms with Gasteiger partial charge in [-0.3, -0.25) is 4.79 Å². The molecule has 1 amide bonds. The van der Waals surface area contributed by atoms with E-state index in [4.69, 9.17) is 12.2 Å². The van der Waals surface area contributed by atoms with Gasteiger partial charge in [-0.05, 0) is 19.3 Å². The van der Waals surface area contributed by atoms with E-state index < -0.39 is 11.5 Å². The van der Waals surface area contributed by atoms with E-state index in [9.17, 15) is 9.90 Å². The summed E-state index contributed by atoms with van der Waals surface area (Å²) in [4.78, 5) is 10.6. The van der Waals surface area contributed by atoms with Crippen molar-refractivity contribution >= 4 is 5.91 Å². The average molecular weight is 196 g/mol. The highest BCUT2D eigenvalue weighted by Gasteiger charge is 2.36. The Morgan fingerprint density at radius 3 is 3.00 bits per heavy atom. The highest BCUT2D eigenvalue weighted by Crippen LogP contribution is 2.27. The Morgan fingerprint density at radius 2 is 2.43 bits per heavy atom. The lowest BCUT2D eigenvalue weighted by Gasteiger charge is -2.36. The predicted octanol–water partition coefficient (Wildman–Crippen LogP) is -0.632. The number of rotatable bonds is 3. The molecule has 4 heteroatoms. The van der Waals surface area contributed by atoms with Crippen molar-refractivity contribution in [3.05, 3.63) is 0 Å². The summed E-state index contributed by atoms with van der Waals surface area (Å²) in [5, 5.41) is 12.9. The van der Waals surface area contributed by atoms with E-state index in [1.54, 1.807) is 0 Å². The van der Waals surface area contributed by atoms with Crippen LogP contribution >= 0.6 is 0 Å². The molecular formula is C10H16N2O2. The van der Waals surface area contributed by atoms with Crippen LogP contribution in [0, 0.1) is 12.3 Å². The van der Waals surface area contributed by atoms with Gasteiger partial charge in [0, 0.05) is 6.04 Å². The largest absolute Gasteiger partial charge is 0.376 e. The van der Waals surface area contributed by atoms with Crippen LogP contribution in [0.25, 0.3) is 0 Å². The van der Waals surface area contributed by atoms with Crippen LogP contribution in [-0.2, 0) is 4.79 Å². The molecule has 1 aliphatic rings. The van der Waals surface area contributed by atoms with Gasteiger partial charge in [0.2, 0.25) is 5.91 Å². The summed E-state index contributed by atoms with van der Waals surface area (Å²) < 4.78 is 0. The molecule has 4 N–H and O–H groups in total. The van der Waals surface area contributed by atoms with Crippen molar-refractivity contribution in [3.63, 3.8) is 0 Å². The molecular weight excluding hydrogens is 180 g/mol. The maximum absolute atomic E-state index is 10.6.